The highest BCUT2D eigenvalue weighted by molar-refractivity contribution is 7.07. The third-order valence-corrected chi connectivity index (χ3v) is 8.16. The second-order valence-electron chi connectivity index (χ2n) is 10.3. The number of nitrogens with zero attached hydrogens (tertiary/aromatic N) is 2. The molecule has 15 heteroatoms. The number of aliphatic carboxylic acids is 2. The molecule has 1 aromatic heterocycles. The van der Waals surface area contributed by atoms with Crippen molar-refractivity contribution in [2.45, 2.75) is 44.6 Å². The zero-order valence-corrected chi connectivity index (χ0v) is 23.0. The number of ether oxygens (including phenoxy) is 2. The van der Waals surface area contributed by atoms with E-state index in [1.54, 1.807) is 0 Å². The van der Waals surface area contributed by atoms with Crippen LogP contribution in [0.4, 0.5) is 26.3 Å². The molecule has 0 bridgehead atoms. The number of likely N-dealkylation sites (tertiary alicyclic amines) is 2. The maximum Gasteiger partial charge on any atom is 0.490 e. The zero-order chi connectivity index (χ0) is 30.0. The largest absolute Gasteiger partial charge is 0.490 e. The molecule has 0 aliphatic carbocycles. The van der Waals surface area contributed by atoms with Gasteiger partial charge in [0.25, 0.3) is 0 Å². The normalized spacial score (nSPS) is 22.2. The van der Waals surface area contributed by atoms with E-state index in [9.17, 15) is 26.3 Å². The minimum absolute atomic E-state index is 0.478. The van der Waals surface area contributed by atoms with Crippen LogP contribution in [0.15, 0.2) is 16.8 Å². The Bertz CT molecular complexity index is 877. The van der Waals surface area contributed by atoms with Gasteiger partial charge in [-0.05, 0) is 72.5 Å². The number of carboxylic acids is 2. The molecule has 0 aromatic carbocycles. The first-order chi connectivity index (χ1) is 18.7. The standard InChI is InChI=1S/C21H34N2O2S.2C2HF3O2/c1-24-15-20-14-23(12-18-2-9-25-10-3-18)17-21(20)5-7-22(8-6-21)13-19-4-11-26-16-19;2*3-2(4,5)1(6)7/h4,11,16,18,20H,2-3,5-10,12-15,17H2,1H3;2*(H,6,7). The summed E-state index contributed by atoms with van der Waals surface area (Å²) >= 11 is 1.81. The number of halogens is 6. The first-order valence-corrected chi connectivity index (χ1v) is 13.7. The Kier molecular flexibility index (Phi) is 13.1. The number of hydrogen-bond acceptors (Lipinski definition) is 7. The first kappa shape index (κ1) is 34.3. The topological polar surface area (TPSA) is 99.5 Å². The SMILES string of the molecule is COCC1CN(CC2CCOCC2)CC12CCN(Cc1ccsc1)CC2.O=C(O)C(F)(F)F.O=C(O)C(F)(F)F. The minimum Gasteiger partial charge on any atom is -0.475 e. The van der Waals surface area contributed by atoms with E-state index in [1.807, 2.05) is 18.4 Å². The molecule has 8 nitrogen and oxygen atoms in total. The number of thiophene rings is 1. The molecule has 40 heavy (non-hydrogen) atoms. The number of carboxylic acid groups (broad SMARTS) is 2. The van der Waals surface area contributed by atoms with Gasteiger partial charge in [0.2, 0.25) is 0 Å². The number of alkyl halides is 6. The maximum absolute atomic E-state index is 10.6. The summed E-state index contributed by atoms with van der Waals surface area (Å²) in [6.45, 7) is 10.2. The second kappa shape index (κ2) is 15.3. The summed E-state index contributed by atoms with van der Waals surface area (Å²) in [5.41, 5.74) is 1.96. The van der Waals surface area contributed by atoms with Crippen LogP contribution in [0, 0.1) is 17.3 Å². The lowest BCUT2D eigenvalue weighted by atomic mass is 9.71. The lowest BCUT2D eigenvalue weighted by Crippen LogP contribution is -2.45. The molecule has 3 saturated heterocycles. The van der Waals surface area contributed by atoms with E-state index in [0.29, 0.717) is 11.3 Å². The molecule has 2 N–H and O–H groups in total. The maximum atomic E-state index is 10.6. The summed E-state index contributed by atoms with van der Waals surface area (Å²) in [7, 11) is 1.88. The molecular weight excluding hydrogens is 570 g/mol. The molecule has 3 fully saturated rings. The van der Waals surface area contributed by atoms with E-state index in [2.05, 4.69) is 26.6 Å². The Balaban J connectivity index is 0.000000333. The fourth-order valence-electron chi connectivity index (χ4n) is 5.37. The van der Waals surface area contributed by atoms with Crippen molar-refractivity contribution in [2.24, 2.45) is 17.3 Å². The average molecular weight is 607 g/mol. The Hall–Kier alpha value is -1.94. The van der Waals surface area contributed by atoms with Crippen molar-refractivity contribution in [1.82, 2.24) is 9.80 Å². The van der Waals surface area contributed by atoms with Gasteiger partial charge in [0, 0.05) is 52.4 Å². The molecule has 0 radical (unpaired) electrons. The average Bonchev–Trinajstić information content (AvgIpc) is 3.49. The first-order valence-electron chi connectivity index (χ1n) is 12.8. The molecule has 4 rings (SSSR count). The van der Waals surface area contributed by atoms with Gasteiger partial charge in [0.05, 0.1) is 6.61 Å². The quantitative estimate of drug-likeness (QED) is 0.454. The van der Waals surface area contributed by atoms with Crippen molar-refractivity contribution < 1.29 is 55.6 Å². The minimum atomic E-state index is -5.08. The molecule has 1 unspecified atom stereocenters. The molecule has 4 heterocycles. The lowest BCUT2D eigenvalue weighted by molar-refractivity contribution is -0.193. The zero-order valence-electron chi connectivity index (χ0n) is 22.2. The molecule has 0 saturated carbocycles. The van der Waals surface area contributed by atoms with Crippen molar-refractivity contribution in [3.63, 3.8) is 0 Å². The van der Waals surface area contributed by atoms with Crippen LogP contribution < -0.4 is 0 Å². The van der Waals surface area contributed by atoms with Crippen LogP contribution in [-0.4, -0.2) is 104 Å². The summed E-state index contributed by atoms with van der Waals surface area (Å²) in [4.78, 5) is 23.2. The highest BCUT2D eigenvalue weighted by atomic mass is 32.1. The highest BCUT2D eigenvalue weighted by Gasteiger charge is 2.48. The Morgan fingerprint density at radius 1 is 1.05 bits per heavy atom. The Morgan fingerprint density at radius 2 is 1.60 bits per heavy atom. The molecule has 230 valence electrons. The summed E-state index contributed by atoms with van der Waals surface area (Å²) < 4.78 is 74.7. The van der Waals surface area contributed by atoms with Crippen molar-refractivity contribution in [3.05, 3.63) is 22.4 Å². The number of hydrogen-bond donors (Lipinski definition) is 2. The molecule has 0 amide bonds. The highest BCUT2D eigenvalue weighted by Crippen LogP contribution is 2.45. The summed E-state index contributed by atoms with van der Waals surface area (Å²) in [5, 5.41) is 18.7. The van der Waals surface area contributed by atoms with Crippen LogP contribution in [0.5, 0.6) is 0 Å². The van der Waals surface area contributed by atoms with E-state index >= 15 is 0 Å². The molecule has 1 atom stereocenters. The molecular formula is C25H36F6N2O6S. The van der Waals surface area contributed by atoms with Gasteiger partial charge in [0.1, 0.15) is 0 Å². The van der Waals surface area contributed by atoms with Crippen LogP contribution in [0.2, 0.25) is 0 Å². The van der Waals surface area contributed by atoms with Crippen molar-refractivity contribution in [3.8, 4) is 0 Å². The van der Waals surface area contributed by atoms with Crippen LogP contribution in [0.25, 0.3) is 0 Å². The van der Waals surface area contributed by atoms with Crippen molar-refractivity contribution in [2.75, 3.05) is 59.7 Å². The summed E-state index contributed by atoms with van der Waals surface area (Å²) in [6, 6.07) is 2.27. The van der Waals surface area contributed by atoms with Gasteiger partial charge in [-0.1, -0.05) is 0 Å². The van der Waals surface area contributed by atoms with Crippen molar-refractivity contribution in [1.29, 1.82) is 0 Å². The molecule has 1 spiro atoms. The lowest BCUT2D eigenvalue weighted by Gasteiger charge is -2.42. The summed E-state index contributed by atoms with van der Waals surface area (Å²) in [6.07, 6.45) is -5.02. The van der Waals surface area contributed by atoms with E-state index in [-0.39, 0.29) is 0 Å². The van der Waals surface area contributed by atoms with Gasteiger partial charge < -0.3 is 24.6 Å². The summed E-state index contributed by atoms with van der Waals surface area (Å²) in [5.74, 6) is -3.98. The monoisotopic (exact) mass is 606 g/mol. The van der Waals surface area contributed by atoms with Crippen molar-refractivity contribution >= 4 is 23.3 Å². The van der Waals surface area contributed by atoms with E-state index in [1.165, 1.54) is 64.0 Å². The predicted molar refractivity (Wildman–Crippen MR) is 134 cm³/mol. The molecule has 3 aliphatic heterocycles. The van der Waals surface area contributed by atoms with Crippen LogP contribution >= 0.6 is 11.3 Å². The van der Waals surface area contributed by atoms with Gasteiger partial charge in [0.15, 0.2) is 0 Å². The third kappa shape index (κ3) is 11.1. The molecule has 1 aromatic rings. The second-order valence-corrected chi connectivity index (χ2v) is 11.1. The van der Waals surface area contributed by atoms with Gasteiger partial charge in [-0.15, -0.1) is 0 Å². The fourth-order valence-corrected chi connectivity index (χ4v) is 6.03. The Morgan fingerprint density at radius 3 is 2.05 bits per heavy atom. The number of rotatable bonds is 6. The fraction of sp³-hybridized carbons (Fsp3) is 0.760. The van der Waals surface area contributed by atoms with E-state index in [4.69, 9.17) is 29.3 Å². The predicted octanol–water partition coefficient (Wildman–Crippen LogP) is 4.60. The van der Waals surface area contributed by atoms with Gasteiger partial charge in [-0.2, -0.15) is 37.7 Å². The molecule has 3 aliphatic rings. The number of carbonyl (C=O) groups is 2. The van der Waals surface area contributed by atoms with Crippen LogP contribution in [0.1, 0.15) is 31.2 Å². The third-order valence-electron chi connectivity index (χ3n) is 7.43. The smallest absolute Gasteiger partial charge is 0.475 e. The van der Waals surface area contributed by atoms with Crippen LogP contribution in [0.3, 0.4) is 0 Å². The number of methoxy groups -OCH3 is 1. The number of piperidine rings is 1. The Labute approximate surface area is 232 Å². The van der Waals surface area contributed by atoms with E-state index in [0.717, 1.165) is 32.3 Å². The van der Waals surface area contributed by atoms with Crippen LogP contribution in [-0.2, 0) is 25.6 Å². The van der Waals surface area contributed by atoms with Gasteiger partial charge in [-0.3, -0.25) is 4.90 Å². The van der Waals surface area contributed by atoms with Gasteiger partial charge >= 0.3 is 24.3 Å². The van der Waals surface area contributed by atoms with Gasteiger partial charge in [-0.25, -0.2) is 9.59 Å². The van der Waals surface area contributed by atoms with E-state index < -0.39 is 24.3 Å².